The van der Waals surface area contributed by atoms with Gasteiger partial charge < -0.3 is 15.0 Å². The molecule has 1 aliphatic rings. The smallest absolute Gasteiger partial charge is 0.257 e. The summed E-state index contributed by atoms with van der Waals surface area (Å²) in [6.07, 6.45) is 6.58. The number of aromatic nitrogens is 1. The average molecular weight is 360 g/mol. The van der Waals surface area contributed by atoms with Gasteiger partial charge in [0.05, 0.1) is 17.7 Å². The van der Waals surface area contributed by atoms with Crippen LogP contribution in [0.3, 0.4) is 0 Å². The molecule has 0 bridgehead atoms. The molecular weight excluding hydrogens is 338 g/mol. The van der Waals surface area contributed by atoms with Gasteiger partial charge in [0.15, 0.2) is 0 Å². The van der Waals surface area contributed by atoms with Crippen molar-refractivity contribution < 1.29 is 9.53 Å². The maximum atomic E-state index is 12.4. The number of amides is 1. The number of hydrogen-bond donors (Lipinski definition) is 1. The van der Waals surface area contributed by atoms with E-state index in [1.165, 1.54) is 25.7 Å². The first-order valence-electron chi connectivity index (χ1n) is 8.53. The molecule has 2 heterocycles. The highest BCUT2D eigenvalue weighted by atomic mass is 35.5. The first-order valence-corrected chi connectivity index (χ1v) is 8.91. The van der Waals surface area contributed by atoms with Gasteiger partial charge in [-0.2, -0.15) is 0 Å². The average Bonchev–Trinajstić information content (AvgIpc) is 2.91. The van der Waals surface area contributed by atoms with Gasteiger partial charge in [0.25, 0.3) is 5.91 Å². The Morgan fingerprint density at radius 1 is 1.16 bits per heavy atom. The molecule has 132 valence electrons. The van der Waals surface area contributed by atoms with Crippen molar-refractivity contribution in [2.45, 2.75) is 25.7 Å². The Morgan fingerprint density at radius 3 is 2.52 bits per heavy atom. The summed E-state index contributed by atoms with van der Waals surface area (Å²) in [4.78, 5) is 19.1. The lowest BCUT2D eigenvalue weighted by Gasteiger charge is -2.21. The van der Waals surface area contributed by atoms with Crippen LogP contribution in [-0.2, 0) is 0 Å². The summed E-state index contributed by atoms with van der Waals surface area (Å²) in [5.74, 6) is 1.30. The number of ether oxygens (including phenoxy) is 1. The van der Waals surface area contributed by atoms with Crippen LogP contribution in [0.4, 0.5) is 11.5 Å². The van der Waals surface area contributed by atoms with Crippen LogP contribution >= 0.6 is 11.6 Å². The number of carbonyl (C=O) groups is 1. The van der Waals surface area contributed by atoms with Crippen LogP contribution in [-0.4, -0.2) is 31.1 Å². The van der Waals surface area contributed by atoms with E-state index in [1.807, 2.05) is 12.1 Å². The Morgan fingerprint density at radius 2 is 1.92 bits per heavy atom. The highest BCUT2D eigenvalue weighted by Crippen LogP contribution is 2.27. The molecule has 0 aliphatic carbocycles. The molecule has 1 aliphatic heterocycles. The van der Waals surface area contributed by atoms with Gasteiger partial charge in [-0.3, -0.25) is 4.79 Å². The molecule has 0 unspecified atom stereocenters. The fourth-order valence-corrected chi connectivity index (χ4v) is 3.21. The summed E-state index contributed by atoms with van der Waals surface area (Å²) in [5, 5.41) is 3.28. The second kappa shape index (κ2) is 8.21. The van der Waals surface area contributed by atoms with Crippen LogP contribution in [0.25, 0.3) is 0 Å². The Kier molecular flexibility index (Phi) is 5.76. The molecule has 0 atom stereocenters. The van der Waals surface area contributed by atoms with Crippen LogP contribution in [0.2, 0.25) is 5.02 Å². The predicted octanol–water partition coefficient (Wildman–Crippen LogP) is 4.38. The highest BCUT2D eigenvalue weighted by molar-refractivity contribution is 6.32. The number of benzene rings is 1. The third-order valence-corrected chi connectivity index (χ3v) is 4.65. The summed E-state index contributed by atoms with van der Waals surface area (Å²) in [7, 11) is 1.55. The number of anilines is 2. The molecule has 0 radical (unpaired) electrons. The third kappa shape index (κ3) is 4.42. The maximum Gasteiger partial charge on any atom is 0.257 e. The van der Waals surface area contributed by atoms with Crippen molar-refractivity contribution in [1.82, 2.24) is 4.98 Å². The van der Waals surface area contributed by atoms with E-state index >= 15 is 0 Å². The minimum absolute atomic E-state index is 0.212. The first-order chi connectivity index (χ1) is 12.2. The molecule has 1 aromatic heterocycles. The summed E-state index contributed by atoms with van der Waals surface area (Å²) < 4.78 is 5.11. The van der Waals surface area contributed by atoms with Crippen molar-refractivity contribution in [2.24, 2.45) is 0 Å². The van der Waals surface area contributed by atoms with Gasteiger partial charge in [-0.05, 0) is 43.2 Å². The summed E-state index contributed by atoms with van der Waals surface area (Å²) in [6, 6.07) is 8.87. The molecule has 6 heteroatoms. The minimum Gasteiger partial charge on any atom is -0.495 e. The first kappa shape index (κ1) is 17.5. The van der Waals surface area contributed by atoms with Crippen molar-refractivity contribution in [3.05, 3.63) is 47.1 Å². The summed E-state index contributed by atoms with van der Waals surface area (Å²) >= 11 is 6.08. The molecule has 0 spiro atoms. The maximum absolute atomic E-state index is 12.4. The zero-order chi connectivity index (χ0) is 17.6. The van der Waals surface area contributed by atoms with Crippen LogP contribution < -0.4 is 15.0 Å². The monoisotopic (exact) mass is 359 g/mol. The Balaban J connectivity index is 1.67. The molecule has 1 saturated heterocycles. The SMILES string of the molecule is COc1ccc(NC(=O)c2ccc(N3CCCCCC3)nc2)cc1Cl. The van der Waals surface area contributed by atoms with Crippen LogP contribution in [0, 0.1) is 0 Å². The van der Waals surface area contributed by atoms with Gasteiger partial charge in [0.2, 0.25) is 0 Å². The van der Waals surface area contributed by atoms with Crippen molar-refractivity contribution in [2.75, 3.05) is 30.4 Å². The Hall–Kier alpha value is -2.27. The lowest BCUT2D eigenvalue weighted by molar-refractivity contribution is 0.102. The van der Waals surface area contributed by atoms with E-state index in [4.69, 9.17) is 16.3 Å². The zero-order valence-electron chi connectivity index (χ0n) is 14.3. The summed E-state index contributed by atoms with van der Waals surface area (Å²) in [6.45, 7) is 2.06. The van der Waals surface area contributed by atoms with Gasteiger partial charge in [-0.15, -0.1) is 0 Å². The van der Waals surface area contributed by atoms with Crippen molar-refractivity contribution >= 4 is 29.0 Å². The largest absolute Gasteiger partial charge is 0.495 e. The lowest BCUT2D eigenvalue weighted by atomic mass is 10.2. The topological polar surface area (TPSA) is 54.5 Å². The number of hydrogen-bond acceptors (Lipinski definition) is 4. The number of nitrogens with zero attached hydrogens (tertiary/aromatic N) is 2. The van der Waals surface area contributed by atoms with E-state index in [0.717, 1.165) is 18.9 Å². The number of rotatable bonds is 4. The second-order valence-electron chi connectivity index (χ2n) is 6.11. The van der Waals surface area contributed by atoms with E-state index in [1.54, 1.807) is 31.5 Å². The van der Waals surface area contributed by atoms with Gasteiger partial charge >= 0.3 is 0 Å². The van der Waals surface area contributed by atoms with Gasteiger partial charge in [0.1, 0.15) is 11.6 Å². The Labute approximate surface area is 153 Å². The highest BCUT2D eigenvalue weighted by Gasteiger charge is 2.13. The normalized spacial score (nSPS) is 14.7. The van der Waals surface area contributed by atoms with Crippen molar-refractivity contribution in [3.63, 3.8) is 0 Å². The fourth-order valence-electron chi connectivity index (χ4n) is 2.95. The predicted molar refractivity (Wildman–Crippen MR) is 101 cm³/mol. The number of methoxy groups -OCH3 is 1. The van der Waals surface area contributed by atoms with Crippen molar-refractivity contribution in [3.8, 4) is 5.75 Å². The molecule has 1 amide bonds. The number of pyridine rings is 1. The van der Waals surface area contributed by atoms with Crippen molar-refractivity contribution in [1.29, 1.82) is 0 Å². The van der Waals surface area contributed by atoms with E-state index in [9.17, 15) is 4.79 Å². The fraction of sp³-hybridized carbons (Fsp3) is 0.368. The third-order valence-electron chi connectivity index (χ3n) is 4.35. The van der Waals surface area contributed by atoms with Gasteiger partial charge in [-0.1, -0.05) is 24.4 Å². The molecule has 5 nitrogen and oxygen atoms in total. The van der Waals surface area contributed by atoms with Crippen LogP contribution in [0.1, 0.15) is 36.0 Å². The minimum atomic E-state index is -0.212. The Bertz CT molecular complexity index is 726. The molecule has 25 heavy (non-hydrogen) atoms. The standard InChI is InChI=1S/C19H22ClN3O2/c1-25-17-8-7-15(12-16(17)20)22-19(24)14-6-9-18(21-13-14)23-10-4-2-3-5-11-23/h6-9,12-13H,2-5,10-11H2,1H3,(H,22,24). The quantitative estimate of drug-likeness (QED) is 0.880. The van der Waals surface area contributed by atoms with E-state index in [0.29, 0.717) is 22.0 Å². The van der Waals surface area contributed by atoms with Gasteiger partial charge in [-0.25, -0.2) is 4.98 Å². The number of carbonyl (C=O) groups excluding carboxylic acids is 1. The molecule has 2 aromatic rings. The van der Waals surface area contributed by atoms with E-state index in [-0.39, 0.29) is 5.91 Å². The van der Waals surface area contributed by atoms with Crippen LogP contribution in [0.5, 0.6) is 5.75 Å². The van der Waals surface area contributed by atoms with Gasteiger partial charge in [0, 0.05) is 25.0 Å². The summed E-state index contributed by atoms with van der Waals surface area (Å²) in [5.41, 5.74) is 1.14. The number of halogens is 1. The molecule has 1 N–H and O–H groups in total. The molecule has 3 rings (SSSR count). The molecule has 0 saturated carbocycles. The van der Waals surface area contributed by atoms with E-state index < -0.39 is 0 Å². The molecule has 1 fully saturated rings. The number of nitrogens with one attached hydrogen (secondary N) is 1. The van der Waals surface area contributed by atoms with E-state index in [2.05, 4.69) is 15.2 Å². The van der Waals surface area contributed by atoms with Crippen LogP contribution in [0.15, 0.2) is 36.5 Å². The zero-order valence-corrected chi connectivity index (χ0v) is 15.1. The molecular formula is C19H22ClN3O2. The second-order valence-corrected chi connectivity index (χ2v) is 6.52. The lowest BCUT2D eigenvalue weighted by Crippen LogP contribution is -2.25. The molecule has 1 aromatic carbocycles.